The van der Waals surface area contributed by atoms with Crippen LogP contribution in [0.5, 0.6) is 0 Å². The Balaban J connectivity index is 1.68. The fourth-order valence-electron chi connectivity index (χ4n) is 2.32. The average molecular weight is 386 g/mol. The molecule has 4 nitrogen and oxygen atoms in total. The summed E-state index contributed by atoms with van der Waals surface area (Å²) in [6.07, 6.45) is 5.59. The second kappa shape index (κ2) is 6.55. The summed E-state index contributed by atoms with van der Waals surface area (Å²) >= 11 is 8.84. The second-order valence-corrected chi connectivity index (χ2v) is 7.83. The molecule has 25 heavy (non-hydrogen) atoms. The monoisotopic (exact) mass is 385 g/mol. The summed E-state index contributed by atoms with van der Waals surface area (Å²) in [7, 11) is 0. The molecule has 0 bridgehead atoms. The summed E-state index contributed by atoms with van der Waals surface area (Å²) in [4.78, 5) is 18.6. The maximum atomic E-state index is 12.5. The summed E-state index contributed by atoms with van der Waals surface area (Å²) in [6, 6.07) is 9.51. The molecule has 0 saturated carbocycles. The Kier molecular flexibility index (Phi) is 4.25. The van der Waals surface area contributed by atoms with Gasteiger partial charge in [-0.25, -0.2) is 0 Å². The zero-order chi connectivity index (χ0) is 17.4. The highest BCUT2D eigenvalue weighted by Crippen LogP contribution is 2.16. The summed E-state index contributed by atoms with van der Waals surface area (Å²) in [5, 5.41) is 7.00. The maximum Gasteiger partial charge on any atom is 0.291 e. The Labute approximate surface area is 156 Å². The third-order valence-corrected chi connectivity index (χ3v) is 5.83. The minimum Gasteiger partial charge on any atom is -0.266 e. The number of nitrogens with zero attached hydrogens (tertiary/aromatic N) is 3. The van der Waals surface area contributed by atoms with Crippen molar-refractivity contribution in [2.45, 2.75) is 6.92 Å². The molecule has 4 rings (SSSR count). The van der Waals surface area contributed by atoms with E-state index >= 15 is 0 Å². The number of benzene rings is 1. The Hall–Kier alpha value is -2.28. The minimum absolute atomic E-state index is 0.133. The van der Waals surface area contributed by atoms with Crippen molar-refractivity contribution in [2.75, 3.05) is 0 Å². The van der Waals surface area contributed by atoms with Crippen LogP contribution in [-0.2, 0) is 0 Å². The van der Waals surface area contributed by atoms with Gasteiger partial charge in [0.1, 0.15) is 0 Å². The number of hydrogen-bond acceptors (Lipinski definition) is 5. The lowest BCUT2D eigenvalue weighted by molar-refractivity contribution is 0.925. The maximum absolute atomic E-state index is 12.5. The minimum atomic E-state index is -0.133. The van der Waals surface area contributed by atoms with Crippen molar-refractivity contribution in [3.05, 3.63) is 77.4 Å². The van der Waals surface area contributed by atoms with Crippen molar-refractivity contribution in [3.63, 3.8) is 0 Å². The molecule has 1 aromatic carbocycles. The first-order valence-electron chi connectivity index (χ1n) is 7.49. The van der Waals surface area contributed by atoms with Gasteiger partial charge in [0.2, 0.25) is 4.96 Å². The molecule has 0 aliphatic carbocycles. The lowest BCUT2D eigenvalue weighted by atomic mass is 10.2. The van der Waals surface area contributed by atoms with Gasteiger partial charge in [-0.2, -0.15) is 9.50 Å². The topological polar surface area (TPSA) is 47.3 Å². The Morgan fingerprint density at radius 3 is 2.64 bits per heavy atom. The van der Waals surface area contributed by atoms with Crippen molar-refractivity contribution in [2.24, 2.45) is 0 Å². The van der Waals surface area contributed by atoms with E-state index in [1.165, 1.54) is 15.9 Å². The Morgan fingerprint density at radius 1 is 1.16 bits per heavy atom. The van der Waals surface area contributed by atoms with Gasteiger partial charge in [0.05, 0.1) is 4.53 Å². The highest BCUT2D eigenvalue weighted by molar-refractivity contribution is 7.15. The highest BCUT2D eigenvalue weighted by Gasteiger charge is 2.09. The van der Waals surface area contributed by atoms with E-state index in [-0.39, 0.29) is 5.56 Å². The highest BCUT2D eigenvalue weighted by atomic mass is 35.5. The molecule has 0 atom stereocenters. The SMILES string of the molecule is Cc1ccsc1C=c1sc2nc(C=Cc3ccc(Cl)cc3)nn2c1=O. The molecule has 0 N–H and O–H groups in total. The molecular formula is C18H12ClN3OS2. The lowest BCUT2D eigenvalue weighted by Crippen LogP contribution is -2.23. The van der Waals surface area contributed by atoms with Crippen molar-refractivity contribution < 1.29 is 0 Å². The number of aryl methyl sites for hydroxylation is 1. The summed E-state index contributed by atoms with van der Waals surface area (Å²) < 4.78 is 2.01. The second-order valence-electron chi connectivity index (χ2n) is 5.43. The van der Waals surface area contributed by atoms with Gasteiger partial charge in [0.25, 0.3) is 5.56 Å². The number of thiophene rings is 1. The molecule has 0 fully saturated rings. The van der Waals surface area contributed by atoms with Crippen LogP contribution in [0.1, 0.15) is 21.8 Å². The number of fused-ring (bicyclic) bond motifs is 1. The molecule has 124 valence electrons. The number of thiazole rings is 1. The molecule has 0 spiro atoms. The normalized spacial score (nSPS) is 12.6. The fourth-order valence-corrected chi connectivity index (χ4v) is 4.27. The predicted molar refractivity (Wildman–Crippen MR) is 105 cm³/mol. The van der Waals surface area contributed by atoms with Crippen molar-refractivity contribution in [1.82, 2.24) is 14.6 Å². The first-order valence-corrected chi connectivity index (χ1v) is 9.56. The number of hydrogen-bond donors (Lipinski definition) is 0. The van der Waals surface area contributed by atoms with Gasteiger partial charge < -0.3 is 0 Å². The van der Waals surface area contributed by atoms with Crippen LogP contribution >= 0.6 is 34.3 Å². The van der Waals surface area contributed by atoms with Crippen molar-refractivity contribution in [1.29, 1.82) is 0 Å². The Morgan fingerprint density at radius 2 is 1.96 bits per heavy atom. The summed E-state index contributed by atoms with van der Waals surface area (Å²) in [6.45, 7) is 2.03. The molecule has 7 heteroatoms. The molecule has 4 aromatic rings. The molecule has 0 radical (unpaired) electrons. The molecule has 3 heterocycles. The standard InChI is InChI=1S/C18H12ClN3OS2/c1-11-8-9-24-14(11)10-15-17(23)22-18(25-15)20-16(21-22)7-4-12-2-5-13(19)6-3-12/h2-10H,1H3. The molecule has 0 saturated heterocycles. The van der Waals surface area contributed by atoms with Crippen LogP contribution in [0.3, 0.4) is 0 Å². The van der Waals surface area contributed by atoms with Crippen LogP contribution < -0.4 is 10.1 Å². The quantitative estimate of drug-likeness (QED) is 0.537. The van der Waals surface area contributed by atoms with E-state index in [9.17, 15) is 4.79 Å². The molecule has 0 amide bonds. The Bertz CT molecular complexity index is 1190. The third-order valence-electron chi connectivity index (χ3n) is 3.66. The van der Waals surface area contributed by atoms with Crippen LogP contribution in [0.4, 0.5) is 0 Å². The third kappa shape index (κ3) is 3.28. The van der Waals surface area contributed by atoms with E-state index in [2.05, 4.69) is 10.1 Å². The average Bonchev–Trinajstić information content (AvgIpc) is 3.26. The number of halogens is 1. The number of aromatic nitrogens is 3. The van der Waals surface area contributed by atoms with E-state index in [0.717, 1.165) is 16.0 Å². The summed E-state index contributed by atoms with van der Waals surface area (Å²) in [5.74, 6) is 0.511. The van der Waals surface area contributed by atoms with Crippen LogP contribution in [0.25, 0.3) is 23.2 Å². The van der Waals surface area contributed by atoms with E-state index < -0.39 is 0 Å². The fraction of sp³-hybridized carbons (Fsp3) is 0.0556. The molecule has 0 unspecified atom stereocenters. The first-order chi connectivity index (χ1) is 12.1. The van der Waals surface area contributed by atoms with Crippen LogP contribution in [0.15, 0.2) is 40.5 Å². The molecular weight excluding hydrogens is 374 g/mol. The van der Waals surface area contributed by atoms with Crippen LogP contribution in [0, 0.1) is 6.92 Å². The van der Waals surface area contributed by atoms with Gasteiger partial charge in [0, 0.05) is 9.90 Å². The van der Waals surface area contributed by atoms with Gasteiger partial charge >= 0.3 is 0 Å². The molecule has 3 aromatic heterocycles. The van der Waals surface area contributed by atoms with Crippen LogP contribution in [-0.4, -0.2) is 14.6 Å². The van der Waals surface area contributed by atoms with Gasteiger partial charge in [-0.05, 0) is 53.8 Å². The van der Waals surface area contributed by atoms with Crippen molar-refractivity contribution in [3.8, 4) is 0 Å². The predicted octanol–water partition coefficient (Wildman–Crippen LogP) is 3.89. The van der Waals surface area contributed by atoms with E-state index in [4.69, 9.17) is 11.6 Å². The van der Waals surface area contributed by atoms with Gasteiger partial charge in [-0.15, -0.1) is 16.4 Å². The number of rotatable bonds is 3. The van der Waals surface area contributed by atoms with Crippen LogP contribution in [0.2, 0.25) is 5.02 Å². The van der Waals surface area contributed by atoms with E-state index in [1.54, 1.807) is 17.4 Å². The van der Waals surface area contributed by atoms with E-state index in [1.807, 2.05) is 54.8 Å². The smallest absolute Gasteiger partial charge is 0.266 e. The first kappa shape index (κ1) is 16.2. The lowest BCUT2D eigenvalue weighted by Gasteiger charge is -1.91. The summed E-state index contributed by atoms with van der Waals surface area (Å²) in [5.41, 5.74) is 2.02. The van der Waals surface area contributed by atoms with Gasteiger partial charge in [-0.3, -0.25) is 4.79 Å². The zero-order valence-electron chi connectivity index (χ0n) is 13.1. The molecule has 0 aliphatic heterocycles. The van der Waals surface area contributed by atoms with Gasteiger partial charge in [0.15, 0.2) is 5.82 Å². The van der Waals surface area contributed by atoms with Gasteiger partial charge in [-0.1, -0.05) is 41.1 Å². The largest absolute Gasteiger partial charge is 0.291 e. The van der Waals surface area contributed by atoms with E-state index in [0.29, 0.717) is 20.3 Å². The zero-order valence-corrected chi connectivity index (χ0v) is 15.5. The molecule has 0 aliphatic rings. The van der Waals surface area contributed by atoms with Crippen molar-refractivity contribution >= 4 is 57.5 Å².